The van der Waals surface area contributed by atoms with Gasteiger partial charge in [-0.2, -0.15) is 4.98 Å². The third-order valence-electron chi connectivity index (χ3n) is 4.72. The zero-order valence-electron chi connectivity index (χ0n) is 15.1. The molecule has 1 fully saturated rings. The van der Waals surface area contributed by atoms with Crippen LogP contribution in [-0.2, 0) is 6.54 Å². The molecule has 134 valence electrons. The number of hydrogen-bond donors (Lipinski definition) is 0. The lowest BCUT2D eigenvalue weighted by atomic mass is 10.2. The Kier molecular flexibility index (Phi) is 4.38. The smallest absolute Gasteiger partial charge is 0.293 e. The summed E-state index contributed by atoms with van der Waals surface area (Å²) in [7, 11) is 0. The highest BCUT2D eigenvalue weighted by Gasteiger charge is 2.25. The largest absolute Gasteiger partial charge is 0.333 e. The molecule has 26 heavy (non-hydrogen) atoms. The number of piperazine rings is 1. The van der Waals surface area contributed by atoms with Gasteiger partial charge in [-0.05, 0) is 25.5 Å². The molecule has 0 saturated carbocycles. The molecule has 0 aliphatic carbocycles. The first kappa shape index (κ1) is 16.7. The van der Waals surface area contributed by atoms with Gasteiger partial charge in [-0.1, -0.05) is 30.3 Å². The first-order chi connectivity index (χ1) is 12.6. The first-order valence-electron chi connectivity index (χ1n) is 8.87. The average molecular weight is 350 g/mol. The third kappa shape index (κ3) is 3.30. The lowest BCUT2D eigenvalue weighted by molar-refractivity contribution is 0.0617. The maximum Gasteiger partial charge on any atom is 0.293 e. The second-order valence-corrected chi connectivity index (χ2v) is 6.74. The Hall–Kier alpha value is -2.80. The number of fused-ring (bicyclic) bond motifs is 1. The second kappa shape index (κ2) is 6.84. The Morgan fingerprint density at radius 2 is 1.77 bits per heavy atom. The predicted octanol–water partition coefficient (Wildman–Crippen LogP) is 1.70. The van der Waals surface area contributed by atoms with Crippen LogP contribution in [0.1, 0.15) is 27.6 Å². The summed E-state index contributed by atoms with van der Waals surface area (Å²) in [5.41, 5.74) is 3.09. The highest BCUT2D eigenvalue weighted by Crippen LogP contribution is 2.11. The molecule has 0 radical (unpaired) electrons. The summed E-state index contributed by atoms with van der Waals surface area (Å²) in [6, 6.07) is 12.3. The van der Waals surface area contributed by atoms with E-state index in [0.717, 1.165) is 31.0 Å². The molecule has 0 unspecified atom stereocenters. The van der Waals surface area contributed by atoms with Crippen LogP contribution in [0.25, 0.3) is 5.78 Å². The number of carbonyl (C=O) groups excluding carboxylic acids is 1. The molecule has 1 amide bonds. The van der Waals surface area contributed by atoms with Crippen molar-refractivity contribution < 1.29 is 4.79 Å². The third-order valence-corrected chi connectivity index (χ3v) is 4.72. The number of nitrogens with zero attached hydrogens (tertiary/aromatic N) is 6. The maximum absolute atomic E-state index is 12.8. The van der Waals surface area contributed by atoms with Crippen LogP contribution in [0, 0.1) is 13.8 Å². The van der Waals surface area contributed by atoms with E-state index in [2.05, 4.69) is 44.2 Å². The molecule has 1 aromatic carbocycles. The molecular weight excluding hydrogens is 328 g/mol. The van der Waals surface area contributed by atoms with Crippen molar-refractivity contribution in [3.8, 4) is 0 Å². The van der Waals surface area contributed by atoms with Crippen LogP contribution < -0.4 is 0 Å². The number of carbonyl (C=O) groups is 1. The summed E-state index contributed by atoms with van der Waals surface area (Å²) in [6.45, 7) is 7.84. The molecule has 3 aromatic rings. The zero-order chi connectivity index (χ0) is 18.1. The van der Waals surface area contributed by atoms with Crippen molar-refractivity contribution in [1.82, 2.24) is 29.4 Å². The molecule has 0 atom stereocenters. The van der Waals surface area contributed by atoms with Gasteiger partial charge in [0.25, 0.3) is 11.7 Å². The van der Waals surface area contributed by atoms with Crippen molar-refractivity contribution in [2.75, 3.05) is 26.2 Å². The zero-order valence-corrected chi connectivity index (χ0v) is 15.1. The van der Waals surface area contributed by atoms with Gasteiger partial charge in [0.05, 0.1) is 0 Å². The van der Waals surface area contributed by atoms with Crippen LogP contribution in [-0.4, -0.2) is 61.5 Å². The fraction of sp³-hybridized carbons (Fsp3) is 0.368. The lowest BCUT2D eigenvalue weighted by Gasteiger charge is -2.34. The van der Waals surface area contributed by atoms with E-state index in [1.54, 1.807) is 4.52 Å². The topological polar surface area (TPSA) is 66.6 Å². The summed E-state index contributed by atoms with van der Waals surface area (Å²) in [5, 5.41) is 4.35. The predicted molar refractivity (Wildman–Crippen MR) is 97.9 cm³/mol. The molecule has 1 saturated heterocycles. The number of aromatic nitrogens is 4. The summed E-state index contributed by atoms with van der Waals surface area (Å²) >= 11 is 0. The van der Waals surface area contributed by atoms with E-state index < -0.39 is 0 Å². The SMILES string of the molecule is Cc1cc(C)n2nc(C(=O)N3CCN(Cc4ccccc4)CC3)nc2n1. The monoisotopic (exact) mass is 350 g/mol. The number of hydrogen-bond acceptors (Lipinski definition) is 5. The standard InChI is InChI=1S/C19H22N6O/c1-14-12-15(2)25-19(20-14)21-17(22-25)18(26)24-10-8-23(9-11-24)13-16-6-4-3-5-7-16/h3-7,12H,8-11,13H2,1-2H3. The van der Waals surface area contributed by atoms with Gasteiger partial charge in [-0.3, -0.25) is 9.69 Å². The van der Waals surface area contributed by atoms with Gasteiger partial charge in [-0.15, -0.1) is 5.10 Å². The van der Waals surface area contributed by atoms with Crippen molar-refractivity contribution in [2.24, 2.45) is 0 Å². The summed E-state index contributed by atoms with van der Waals surface area (Å²) in [5.74, 6) is 0.586. The Balaban J connectivity index is 1.43. The summed E-state index contributed by atoms with van der Waals surface area (Å²) in [4.78, 5) is 25.7. The molecule has 0 spiro atoms. The van der Waals surface area contributed by atoms with E-state index in [1.807, 2.05) is 30.9 Å². The van der Waals surface area contributed by atoms with E-state index in [9.17, 15) is 4.79 Å². The van der Waals surface area contributed by atoms with Gasteiger partial charge in [0.1, 0.15) is 0 Å². The van der Waals surface area contributed by atoms with Gasteiger partial charge in [0.15, 0.2) is 0 Å². The van der Waals surface area contributed by atoms with Crippen LogP contribution in [0.3, 0.4) is 0 Å². The summed E-state index contributed by atoms with van der Waals surface area (Å²) in [6.07, 6.45) is 0. The Morgan fingerprint density at radius 3 is 2.50 bits per heavy atom. The van der Waals surface area contributed by atoms with Crippen LogP contribution in [0.5, 0.6) is 0 Å². The van der Waals surface area contributed by atoms with Gasteiger partial charge in [-0.25, -0.2) is 9.50 Å². The van der Waals surface area contributed by atoms with E-state index >= 15 is 0 Å². The molecule has 2 aromatic heterocycles. The number of amides is 1. The van der Waals surface area contributed by atoms with Crippen molar-refractivity contribution in [1.29, 1.82) is 0 Å². The van der Waals surface area contributed by atoms with Crippen molar-refractivity contribution >= 4 is 11.7 Å². The van der Waals surface area contributed by atoms with Crippen LogP contribution in [0.4, 0.5) is 0 Å². The van der Waals surface area contributed by atoms with E-state index in [-0.39, 0.29) is 11.7 Å². The quantitative estimate of drug-likeness (QED) is 0.719. The minimum Gasteiger partial charge on any atom is -0.333 e. The average Bonchev–Trinajstić information content (AvgIpc) is 3.07. The van der Waals surface area contributed by atoms with Crippen molar-refractivity contribution in [3.05, 3.63) is 59.2 Å². The van der Waals surface area contributed by atoms with E-state index in [1.165, 1.54) is 5.56 Å². The molecule has 7 nitrogen and oxygen atoms in total. The molecule has 1 aliphatic rings. The maximum atomic E-state index is 12.8. The lowest BCUT2D eigenvalue weighted by Crippen LogP contribution is -2.48. The molecule has 4 rings (SSSR count). The van der Waals surface area contributed by atoms with Gasteiger partial charge >= 0.3 is 0 Å². The van der Waals surface area contributed by atoms with E-state index in [4.69, 9.17) is 0 Å². The number of rotatable bonds is 3. The number of aryl methyl sites for hydroxylation is 2. The molecule has 3 heterocycles. The van der Waals surface area contributed by atoms with Crippen molar-refractivity contribution in [2.45, 2.75) is 20.4 Å². The van der Waals surface area contributed by atoms with Gasteiger partial charge in [0.2, 0.25) is 5.82 Å². The fourth-order valence-electron chi connectivity index (χ4n) is 3.35. The Morgan fingerprint density at radius 1 is 1.04 bits per heavy atom. The molecule has 0 bridgehead atoms. The minimum absolute atomic E-state index is 0.119. The van der Waals surface area contributed by atoms with Gasteiger partial charge in [0, 0.05) is 44.1 Å². The molecule has 7 heteroatoms. The van der Waals surface area contributed by atoms with Crippen LogP contribution in [0.2, 0.25) is 0 Å². The summed E-state index contributed by atoms with van der Waals surface area (Å²) < 4.78 is 1.63. The normalized spacial score (nSPS) is 15.5. The Labute approximate surface area is 152 Å². The number of benzene rings is 1. The van der Waals surface area contributed by atoms with Crippen molar-refractivity contribution in [3.63, 3.8) is 0 Å². The highest BCUT2D eigenvalue weighted by molar-refractivity contribution is 5.91. The molecular formula is C19H22N6O. The second-order valence-electron chi connectivity index (χ2n) is 6.74. The van der Waals surface area contributed by atoms with Crippen LogP contribution >= 0.6 is 0 Å². The van der Waals surface area contributed by atoms with E-state index in [0.29, 0.717) is 18.9 Å². The van der Waals surface area contributed by atoms with Gasteiger partial charge < -0.3 is 4.90 Å². The fourth-order valence-corrected chi connectivity index (χ4v) is 3.35. The first-order valence-corrected chi connectivity index (χ1v) is 8.87. The molecule has 1 aliphatic heterocycles. The molecule has 0 N–H and O–H groups in total. The Bertz CT molecular complexity index is 928. The highest BCUT2D eigenvalue weighted by atomic mass is 16.2. The minimum atomic E-state index is -0.119. The van der Waals surface area contributed by atoms with Crippen LogP contribution in [0.15, 0.2) is 36.4 Å².